The first kappa shape index (κ1) is 24.6. The molecular formula is C24H20F3N5O4. The first-order valence-corrected chi connectivity index (χ1v) is 10.8. The molecule has 1 aromatic heterocycles. The summed E-state index contributed by atoms with van der Waals surface area (Å²) < 4.78 is 37.8. The topological polar surface area (TPSA) is 125 Å². The zero-order chi connectivity index (χ0) is 25.9. The smallest absolute Gasteiger partial charge is 0.451 e. The Morgan fingerprint density at radius 1 is 0.889 bits per heavy atom. The van der Waals surface area contributed by atoms with Crippen LogP contribution >= 0.6 is 0 Å². The van der Waals surface area contributed by atoms with Crippen LogP contribution in [0.25, 0.3) is 11.1 Å². The number of likely N-dealkylation sites (tertiary alicyclic amines) is 1. The number of hydrogen-bond donors (Lipinski definition) is 3. The van der Waals surface area contributed by atoms with E-state index in [1.165, 1.54) is 17.0 Å². The lowest BCUT2D eigenvalue weighted by atomic mass is 10.0. The summed E-state index contributed by atoms with van der Waals surface area (Å²) >= 11 is 0. The molecule has 12 heteroatoms. The predicted molar refractivity (Wildman–Crippen MR) is 123 cm³/mol. The molecule has 0 bridgehead atoms. The van der Waals surface area contributed by atoms with Gasteiger partial charge in [0.25, 0.3) is 0 Å². The molecule has 3 N–H and O–H groups in total. The van der Waals surface area contributed by atoms with Crippen molar-refractivity contribution in [1.82, 2.24) is 14.9 Å². The van der Waals surface area contributed by atoms with Crippen molar-refractivity contribution in [3.05, 3.63) is 72.3 Å². The zero-order valence-electron chi connectivity index (χ0n) is 18.6. The second kappa shape index (κ2) is 10.0. The monoisotopic (exact) mass is 499 g/mol. The highest BCUT2D eigenvalue weighted by atomic mass is 19.4. The number of urea groups is 1. The Hall–Kier alpha value is -4.48. The van der Waals surface area contributed by atoms with E-state index in [0.29, 0.717) is 25.1 Å². The number of alkyl halides is 3. The van der Waals surface area contributed by atoms with Crippen molar-refractivity contribution in [2.75, 3.05) is 17.2 Å². The largest absolute Gasteiger partial charge is 0.478 e. The molecule has 1 saturated heterocycles. The summed E-state index contributed by atoms with van der Waals surface area (Å²) in [6.45, 7) is 0.302. The van der Waals surface area contributed by atoms with Crippen molar-refractivity contribution in [3.63, 3.8) is 0 Å². The molecule has 1 aliphatic rings. The lowest BCUT2D eigenvalue weighted by Gasteiger charge is -2.24. The van der Waals surface area contributed by atoms with Crippen LogP contribution in [0.4, 0.5) is 29.3 Å². The minimum Gasteiger partial charge on any atom is -0.478 e. The number of anilines is 2. The number of carboxylic acid groups (broad SMARTS) is 1. The maximum absolute atomic E-state index is 12.9. The number of carbonyl (C=O) groups is 3. The quantitative estimate of drug-likeness (QED) is 0.475. The SMILES string of the molecule is O=C(O)c1ccc(-c2ccc(NC(=O)[C@H]3CCCN3C(=O)Nc3cnc(C(F)(F)F)nc3)cc2)cc1. The highest BCUT2D eigenvalue weighted by molar-refractivity contribution is 5.99. The van der Waals surface area contributed by atoms with E-state index in [-0.39, 0.29) is 11.3 Å². The molecule has 36 heavy (non-hydrogen) atoms. The first-order chi connectivity index (χ1) is 17.1. The van der Waals surface area contributed by atoms with E-state index in [9.17, 15) is 27.6 Å². The molecule has 2 aromatic carbocycles. The Morgan fingerprint density at radius 3 is 2.03 bits per heavy atom. The van der Waals surface area contributed by atoms with Crippen LogP contribution in [0.3, 0.4) is 0 Å². The minimum absolute atomic E-state index is 0.0222. The molecule has 1 atom stereocenters. The minimum atomic E-state index is -4.69. The fraction of sp³-hybridized carbons (Fsp3) is 0.208. The Bertz CT molecular complexity index is 1260. The number of carboxylic acids is 1. The normalized spacial score (nSPS) is 15.4. The van der Waals surface area contributed by atoms with E-state index in [1.54, 1.807) is 36.4 Å². The van der Waals surface area contributed by atoms with Crippen LogP contribution < -0.4 is 10.6 Å². The number of benzene rings is 2. The van der Waals surface area contributed by atoms with Crippen LogP contribution in [0.15, 0.2) is 60.9 Å². The number of halogens is 3. The molecule has 0 unspecified atom stereocenters. The molecule has 0 saturated carbocycles. The van der Waals surface area contributed by atoms with Gasteiger partial charge >= 0.3 is 18.2 Å². The summed E-state index contributed by atoms with van der Waals surface area (Å²) in [5.74, 6) is -2.73. The van der Waals surface area contributed by atoms with Crippen molar-refractivity contribution >= 4 is 29.3 Å². The molecule has 9 nitrogen and oxygen atoms in total. The second-order valence-electron chi connectivity index (χ2n) is 8.02. The van der Waals surface area contributed by atoms with Crippen molar-refractivity contribution in [2.45, 2.75) is 25.1 Å². The highest BCUT2D eigenvalue weighted by Crippen LogP contribution is 2.27. The molecule has 0 radical (unpaired) electrons. The third-order valence-electron chi connectivity index (χ3n) is 5.59. The van der Waals surface area contributed by atoms with Crippen LogP contribution in [-0.4, -0.2) is 50.5 Å². The van der Waals surface area contributed by atoms with Crippen molar-refractivity contribution in [2.24, 2.45) is 0 Å². The van der Waals surface area contributed by atoms with E-state index in [1.807, 2.05) is 0 Å². The van der Waals surface area contributed by atoms with Gasteiger partial charge in [0, 0.05) is 12.2 Å². The Kier molecular flexibility index (Phi) is 6.86. The first-order valence-electron chi connectivity index (χ1n) is 10.8. The average Bonchev–Trinajstić information content (AvgIpc) is 3.35. The van der Waals surface area contributed by atoms with Gasteiger partial charge in [0.1, 0.15) is 6.04 Å². The van der Waals surface area contributed by atoms with Crippen LogP contribution in [0.5, 0.6) is 0 Å². The average molecular weight is 499 g/mol. The van der Waals surface area contributed by atoms with Crippen LogP contribution in [0.2, 0.25) is 0 Å². The molecule has 2 heterocycles. The predicted octanol–water partition coefficient (Wildman–Crippen LogP) is 4.50. The van der Waals surface area contributed by atoms with Crippen molar-refractivity contribution in [3.8, 4) is 11.1 Å². The van der Waals surface area contributed by atoms with Crippen LogP contribution in [0.1, 0.15) is 29.0 Å². The number of rotatable bonds is 5. The molecule has 186 valence electrons. The number of nitrogens with one attached hydrogen (secondary N) is 2. The maximum atomic E-state index is 12.9. The van der Waals surface area contributed by atoms with Gasteiger partial charge in [-0.1, -0.05) is 24.3 Å². The molecule has 1 aliphatic heterocycles. The Balaban J connectivity index is 1.37. The van der Waals surface area contributed by atoms with Gasteiger partial charge < -0.3 is 20.6 Å². The molecule has 3 aromatic rings. The molecule has 3 amide bonds. The third-order valence-corrected chi connectivity index (χ3v) is 5.59. The zero-order valence-corrected chi connectivity index (χ0v) is 18.6. The molecule has 4 rings (SSSR count). The van der Waals surface area contributed by atoms with E-state index in [4.69, 9.17) is 5.11 Å². The number of aromatic nitrogens is 2. The van der Waals surface area contributed by atoms with E-state index < -0.39 is 36.0 Å². The van der Waals surface area contributed by atoms with Gasteiger partial charge in [-0.15, -0.1) is 0 Å². The van der Waals surface area contributed by atoms with Gasteiger partial charge in [0.2, 0.25) is 11.7 Å². The van der Waals surface area contributed by atoms with Gasteiger partial charge in [-0.25, -0.2) is 19.6 Å². The van der Waals surface area contributed by atoms with E-state index in [2.05, 4.69) is 20.6 Å². The van der Waals surface area contributed by atoms with Gasteiger partial charge in [0.15, 0.2) is 0 Å². The number of aromatic carboxylic acids is 1. The second-order valence-corrected chi connectivity index (χ2v) is 8.02. The summed E-state index contributed by atoms with van der Waals surface area (Å²) in [7, 11) is 0. The summed E-state index contributed by atoms with van der Waals surface area (Å²) in [4.78, 5) is 44.2. The number of nitrogens with zero attached hydrogens (tertiary/aromatic N) is 3. The van der Waals surface area contributed by atoms with E-state index >= 15 is 0 Å². The van der Waals surface area contributed by atoms with Crippen LogP contribution in [-0.2, 0) is 11.0 Å². The molecule has 1 fully saturated rings. The fourth-order valence-electron chi connectivity index (χ4n) is 3.79. The maximum Gasteiger partial charge on any atom is 0.451 e. The Labute approximate surface area is 203 Å². The lowest BCUT2D eigenvalue weighted by molar-refractivity contribution is -0.145. The van der Waals surface area contributed by atoms with Crippen LogP contribution in [0, 0.1) is 0 Å². The summed E-state index contributed by atoms with van der Waals surface area (Å²) in [5, 5.41) is 14.2. The number of hydrogen-bond acceptors (Lipinski definition) is 5. The van der Waals surface area contributed by atoms with Gasteiger partial charge in [-0.2, -0.15) is 13.2 Å². The summed E-state index contributed by atoms with van der Waals surface area (Å²) in [6, 6.07) is 11.9. The van der Waals surface area contributed by atoms with E-state index in [0.717, 1.165) is 23.5 Å². The standard InChI is InChI=1S/C24H20F3N5O4/c25-24(26,27)22-28-12-18(13-29-22)31-23(36)32-11-1-2-19(32)20(33)30-17-9-7-15(8-10-17)14-3-5-16(6-4-14)21(34)35/h3-10,12-13,19H,1-2,11H2,(H,30,33)(H,31,36)(H,34,35)/t19-/m1/s1. The highest BCUT2D eigenvalue weighted by Gasteiger charge is 2.36. The molecular weight excluding hydrogens is 479 g/mol. The number of carbonyl (C=O) groups excluding carboxylic acids is 2. The van der Waals surface area contributed by atoms with Gasteiger partial charge in [-0.3, -0.25) is 4.79 Å². The third kappa shape index (κ3) is 5.59. The van der Waals surface area contributed by atoms with Gasteiger partial charge in [0.05, 0.1) is 23.6 Å². The number of amides is 3. The lowest BCUT2D eigenvalue weighted by Crippen LogP contribution is -2.45. The summed E-state index contributed by atoms with van der Waals surface area (Å²) in [5.41, 5.74) is 2.30. The molecule has 0 aliphatic carbocycles. The Morgan fingerprint density at radius 2 is 1.47 bits per heavy atom. The summed E-state index contributed by atoms with van der Waals surface area (Å²) in [6.07, 6.45) is -1.97. The fourth-order valence-corrected chi connectivity index (χ4v) is 3.79. The van der Waals surface area contributed by atoms with Crippen molar-refractivity contribution in [1.29, 1.82) is 0 Å². The molecule has 0 spiro atoms. The van der Waals surface area contributed by atoms with Crippen molar-refractivity contribution < 1.29 is 32.7 Å². The van der Waals surface area contributed by atoms with Gasteiger partial charge in [-0.05, 0) is 48.2 Å².